The number of carbonyl (C=O) groups is 1. The Balaban J connectivity index is 1.14. The third-order valence-electron chi connectivity index (χ3n) is 5.96. The Bertz CT molecular complexity index is 1750. The number of ether oxygens (including phenoxy) is 1. The number of carbonyl (C=O) groups excluding carboxylic acids is 1. The van der Waals surface area contributed by atoms with E-state index >= 15 is 0 Å². The summed E-state index contributed by atoms with van der Waals surface area (Å²) in [4.78, 5) is 16.6. The number of benzene rings is 4. The van der Waals surface area contributed by atoms with Gasteiger partial charge < -0.3 is 10.1 Å². The van der Waals surface area contributed by atoms with E-state index in [1.807, 2.05) is 30.3 Å². The van der Waals surface area contributed by atoms with Crippen LogP contribution >= 0.6 is 43.2 Å². The molecule has 0 radical (unpaired) electrons. The number of nitrogens with zero attached hydrogens (tertiary/aromatic N) is 2. The molecule has 2 N–H and O–H groups in total. The van der Waals surface area contributed by atoms with Gasteiger partial charge in [-0.05, 0) is 90.2 Å². The number of fused-ring (bicyclic) bond motifs is 1. The molecule has 0 atom stereocenters. The van der Waals surface area contributed by atoms with Gasteiger partial charge in [0, 0.05) is 11.1 Å². The minimum absolute atomic E-state index is 0.0486. The first kappa shape index (κ1) is 29.7. The van der Waals surface area contributed by atoms with Gasteiger partial charge in [-0.15, -0.1) is 11.3 Å². The van der Waals surface area contributed by atoms with Crippen LogP contribution < -0.4 is 15.5 Å². The molecule has 0 aliphatic rings. The van der Waals surface area contributed by atoms with Crippen molar-refractivity contribution in [1.82, 2.24) is 10.4 Å². The Hall–Kier alpha value is -3.74. The Morgan fingerprint density at radius 3 is 2.50 bits per heavy atom. The third kappa shape index (κ3) is 7.75. The number of aromatic nitrogens is 1. The first-order valence-electron chi connectivity index (χ1n) is 12.4. The lowest BCUT2D eigenvalue weighted by Crippen LogP contribution is -2.19. The first-order chi connectivity index (χ1) is 20.1. The first-order valence-corrected chi connectivity index (χ1v) is 14.9. The van der Waals surface area contributed by atoms with Crippen LogP contribution in [-0.2, 0) is 24.0 Å². The number of anilines is 2. The van der Waals surface area contributed by atoms with Crippen LogP contribution in [0.25, 0.3) is 10.8 Å². The Kier molecular flexibility index (Phi) is 9.24. The fourth-order valence-electron chi connectivity index (χ4n) is 4.00. The molecule has 0 spiro atoms. The highest BCUT2D eigenvalue weighted by Gasteiger charge is 2.30. The van der Waals surface area contributed by atoms with E-state index in [0.29, 0.717) is 37.7 Å². The lowest BCUT2D eigenvalue weighted by Gasteiger charge is -2.12. The predicted octanol–water partition coefficient (Wildman–Crippen LogP) is 8.86. The van der Waals surface area contributed by atoms with E-state index < -0.39 is 17.6 Å². The average molecular weight is 718 g/mol. The quantitative estimate of drug-likeness (QED) is 0.118. The number of nitrogens with one attached hydrogen (secondary N) is 2. The lowest BCUT2D eigenvalue weighted by molar-refractivity contribution is -0.137. The van der Waals surface area contributed by atoms with Gasteiger partial charge in [0.2, 0.25) is 5.91 Å². The smallest absolute Gasteiger partial charge is 0.416 e. The monoisotopic (exact) mass is 716 g/mol. The zero-order chi connectivity index (χ0) is 29.7. The van der Waals surface area contributed by atoms with Crippen molar-refractivity contribution < 1.29 is 22.7 Å². The Labute approximate surface area is 259 Å². The molecule has 0 fully saturated rings. The van der Waals surface area contributed by atoms with Crippen LogP contribution in [0.5, 0.6) is 5.75 Å². The van der Waals surface area contributed by atoms with Gasteiger partial charge in [-0.1, -0.05) is 42.5 Å². The standard InChI is InChI=1S/C30H21Br2F3N4O2S/c31-25-11-19(12-26(32)28(25)41-16-18-8-9-20-4-1-2-5-21(20)10-18)15-36-39-27(40)14-24-17-42-29(38-24)37-23-7-3-6-22(13-23)30(33,34)35/h1-13,15,17H,14,16H2,(H,37,38)(H,39,40)/b36-15-. The van der Waals surface area contributed by atoms with Crippen LogP contribution in [-0.4, -0.2) is 17.1 Å². The van der Waals surface area contributed by atoms with E-state index in [0.717, 1.165) is 23.1 Å². The molecular formula is C30H21Br2F3N4O2S. The van der Waals surface area contributed by atoms with E-state index in [2.05, 4.69) is 77.0 Å². The topological polar surface area (TPSA) is 75.6 Å². The van der Waals surface area contributed by atoms with Gasteiger partial charge in [0.05, 0.1) is 32.8 Å². The van der Waals surface area contributed by atoms with Crippen LogP contribution in [0.4, 0.5) is 24.0 Å². The highest BCUT2D eigenvalue weighted by atomic mass is 79.9. The molecule has 0 aliphatic carbocycles. The molecule has 0 unspecified atom stereocenters. The SMILES string of the molecule is O=C(Cc1csc(Nc2cccc(C(F)(F)F)c2)n1)N/N=C\c1cc(Br)c(OCc2ccc3ccccc3c2)c(Br)c1. The number of alkyl halides is 3. The zero-order valence-corrected chi connectivity index (χ0v) is 25.6. The predicted molar refractivity (Wildman–Crippen MR) is 166 cm³/mol. The molecule has 214 valence electrons. The van der Waals surface area contributed by atoms with Crippen LogP contribution in [0.1, 0.15) is 22.4 Å². The van der Waals surface area contributed by atoms with Crippen molar-refractivity contribution in [3.8, 4) is 5.75 Å². The number of hydrogen-bond donors (Lipinski definition) is 2. The molecule has 12 heteroatoms. The number of amides is 1. The van der Waals surface area contributed by atoms with Crippen LogP contribution in [0.2, 0.25) is 0 Å². The molecule has 1 aromatic heterocycles. The van der Waals surface area contributed by atoms with Crippen molar-refractivity contribution in [1.29, 1.82) is 0 Å². The molecule has 4 aromatic carbocycles. The molecule has 42 heavy (non-hydrogen) atoms. The van der Waals surface area contributed by atoms with Crippen molar-refractivity contribution >= 4 is 76.9 Å². The molecule has 1 amide bonds. The van der Waals surface area contributed by atoms with Gasteiger partial charge in [-0.3, -0.25) is 4.79 Å². The maximum atomic E-state index is 12.9. The summed E-state index contributed by atoms with van der Waals surface area (Å²) in [5.41, 5.74) is 4.17. The molecular weight excluding hydrogens is 697 g/mol. The minimum atomic E-state index is -4.44. The maximum Gasteiger partial charge on any atom is 0.416 e. The summed E-state index contributed by atoms with van der Waals surface area (Å²) < 4.78 is 46.3. The van der Waals surface area contributed by atoms with Crippen LogP contribution in [0.15, 0.2) is 98.3 Å². The number of thiazole rings is 1. The summed E-state index contributed by atoms with van der Waals surface area (Å²) in [5.74, 6) is 0.248. The van der Waals surface area contributed by atoms with Gasteiger partial charge in [-0.2, -0.15) is 18.3 Å². The molecule has 0 aliphatic heterocycles. The van der Waals surface area contributed by atoms with Gasteiger partial charge in [0.25, 0.3) is 0 Å². The van der Waals surface area contributed by atoms with E-state index in [9.17, 15) is 18.0 Å². The summed E-state index contributed by atoms with van der Waals surface area (Å²) >= 11 is 8.27. The molecule has 0 bridgehead atoms. The van der Waals surface area contributed by atoms with Crippen LogP contribution in [0, 0.1) is 0 Å². The number of halogens is 5. The second-order valence-corrected chi connectivity index (χ2v) is 11.7. The molecule has 0 saturated carbocycles. The molecule has 5 rings (SSSR count). The number of rotatable bonds is 9. The van der Waals surface area contributed by atoms with E-state index in [1.165, 1.54) is 35.1 Å². The molecule has 5 aromatic rings. The molecule has 0 saturated heterocycles. The highest BCUT2D eigenvalue weighted by molar-refractivity contribution is 9.11. The van der Waals surface area contributed by atoms with E-state index in [1.54, 1.807) is 5.38 Å². The second-order valence-electron chi connectivity index (χ2n) is 9.10. The van der Waals surface area contributed by atoms with Crippen LogP contribution in [0.3, 0.4) is 0 Å². The number of hydrazone groups is 1. The second kappa shape index (κ2) is 13.1. The van der Waals surface area contributed by atoms with Gasteiger partial charge >= 0.3 is 6.18 Å². The zero-order valence-electron chi connectivity index (χ0n) is 21.6. The summed E-state index contributed by atoms with van der Waals surface area (Å²) in [6.45, 7) is 0.388. The van der Waals surface area contributed by atoms with Gasteiger partial charge in [-0.25, -0.2) is 10.4 Å². The van der Waals surface area contributed by atoms with Gasteiger partial charge in [0.15, 0.2) is 5.13 Å². The summed E-state index contributed by atoms with van der Waals surface area (Å²) in [5, 5.41) is 11.2. The largest absolute Gasteiger partial charge is 0.487 e. The summed E-state index contributed by atoms with van der Waals surface area (Å²) in [7, 11) is 0. The Morgan fingerprint density at radius 2 is 1.74 bits per heavy atom. The minimum Gasteiger partial charge on any atom is -0.487 e. The number of hydrogen-bond acceptors (Lipinski definition) is 6. The lowest BCUT2D eigenvalue weighted by atomic mass is 10.1. The summed E-state index contributed by atoms with van der Waals surface area (Å²) in [6, 6.07) is 22.8. The summed E-state index contributed by atoms with van der Waals surface area (Å²) in [6.07, 6.45) is -2.99. The van der Waals surface area contributed by atoms with Gasteiger partial charge in [0.1, 0.15) is 12.4 Å². The fraction of sp³-hybridized carbons (Fsp3) is 0.100. The van der Waals surface area contributed by atoms with Crippen molar-refractivity contribution in [3.63, 3.8) is 0 Å². The van der Waals surface area contributed by atoms with Crippen molar-refractivity contribution in [2.75, 3.05) is 5.32 Å². The van der Waals surface area contributed by atoms with E-state index in [-0.39, 0.29) is 12.1 Å². The maximum absolute atomic E-state index is 12.9. The van der Waals surface area contributed by atoms with Crippen molar-refractivity contribution in [2.45, 2.75) is 19.2 Å². The fourth-order valence-corrected chi connectivity index (χ4v) is 6.18. The molecule has 6 nitrogen and oxygen atoms in total. The highest BCUT2D eigenvalue weighted by Crippen LogP contribution is 2.35. The normalized spacial score (nSPS) is 11.6. The molecule has 1 heterocycles. The Morgan fingerprint density at radius 1 is 0.976 bits per heavy atom. The third-order valence-corrected chi connectivity index (χ3v) is 7.94. The van der Waals surface area contributed by atoms with Crippen molar-refractivity contribution in [2.24, 2.45) is 5.10 Å². The van der Waals surface area contributed by atoms with E-state index in [4.69, 9.17) is 4.74 Å². The average Bonchev–Trinajstić information content (AvgIpc) is 3.38. The van der Waals surface area contributed by atoms with Crippen molar-refractivity contribution in [3.05, 3.63) is 116 Å².